The SMILES string of the molecule is c1ccc(-c2ccc(-c3ccc(N(c4ccc(-c5ccc6sc7ccccc7c6c5)cc4)c4ccc(C5(c6ccccc6)c6ccccc6-c6ccccc65)cc4)cc3)o2)cc1. The Bertz CT molecular complexity index is 3340. The van der Waals surface area contributed by atoms with Crippen molar-refractivity contribution in [3.8, 4) is 44.9 Å². The molecule has 2 nitrogen and oxygen atoms in total. The molecule has 292 valence electrons. The summed E-state index contributed by atoms with van der Waals surface area (Å²) in [6.45, 7) is 0. The Kier molecular flexibility index (Phi) is 8.62. The number of hydrogen-bond donors (Lipinski definition) is 0. The lowest BCUT2D eigenvalue weighted by molar-refractivity contribution is 0.597. The van der Waals surface area contributed by atoms with Crippen LogP contribution in [-0.4, -0.2) is 0 Å². The van der Waals surface area contributed by atoms with E-state index in [4.69, 9.17) is 4.42 Å². The summed E-state index contributed by atoms with van der Waals surface area (Å²) in [5, 5.41) is 2.62. The summed E-state index contributed by atoms with van der Waals surface area (Å²) in [5.74, 6) is 1.70. The number of rotatable bonds is 8. The molecule has 0 aliphatic heterocycles. The molecule has 0 unspecified atom stereocenters. The third-order valence-corrected chi connectivity index (χ3v) is 13.8. The highest BCUT2D eigenvalue weighted by atomic mass is 32.1. The number of benzene rings is 9. The van der Waals surface area contributed by atoms with Crippen molar-refractivity contribution in [1.29, 1.82) is 0 Å². The van der Waals surface area contributed by atoms with E-state index in [-0.39, 0.29) is 0 Å². The number of thiophene rings is 1. The van der Waals surface area contributed by atoms with Crippen molar-refractivity contribution in [2.24, 2.45) is 0 Å². The molecule has 0 N–H and O–H groups in total. The molecular formula is C59H39NOS. The van der Waals surface area contributed by atoms with Gasteiger partial charge in [0, 0.05) is 48.4 Å². The first-order chi connectivity index (χ1) is 30.7. The molecule has 3 heteroatoms. The van der Waals surface area contributed by atoms with E-state index in [9.17, 15) is 0 Å². The van der Waals surface area contributed by atoms with E-state index in [1.807, 2.05) is 29.5 Å². The third kappa shape index (κ3) is 5.85. The summed E-state index contributed by atoms with van der Waals surface area (Å²) < 4.78 is 9.01. The minimum atomic E-state index is -0.461. The topological polar surface area (TPSA) is 16.4 Å². The van der Waals surface area contributed by atoms with Crippen molar-refractivity contribution in [2.75, 3.05) is 4.90 Å². The van der Waals surface area contributed by atoms with E-state index in [1.54, 1.807) is 0 Å². The summed E-state index contributed by atoms with van der Waals surface area (Å²) >= 11 is 1.85. The van der Waals surface area contributed by atoms with Gasteiger partial charge in [-0.1, -0.05) is 158 Å². The normalized spacial score (nSPS) is 12.6. The van der Waals surface area contributed by atoms with E-state index in [1.165, 1.54) is 64.7 Å². The summed E-state index contributed by atoms with van der Waals surface area (Å²) in [4.78, 5) is 2.36. The quantitative estimate of drug-likeness (QED) is 0.152. The van der Waals surface area contributed by atoms with E-state index in [0.29, 0.717) is 0 Å². The zero-order valence-corrected chi connectivity index (χ0v) is 34.6. The number of fused-ring (bicyclic) bond motifs is 6. The molecule has 0 fully saturated rings. The van der Waals surface area contributed by atoms with Crippen molar-refractivity contribution in [3.63, 3.8) is 0 Å². The maximum atomic E-state index is 6.37. The van der Waals surface area contributed by atoms with E-state index >= 15 is 0 Å². The summed E-state index contributed by atoms with van der Waals surface area (Å²) in [6.07, 6.45) is 0. The van der Waals surface area contributed by atoms with Crippen LogP contribution in [0.5, 0.6) is 0 Å². The summed E-state index contributed by atoms with van der Waals surface area (Å²) in [6, 6.07) is 85.8. The fourth-order valence-electron chi connectivity index (χ4n) is 9.75. The Hall–Kier alpha value is -7.72. The lowest BCUT2D eigenvalue weighted by atomic mass is 9.68. The molecule has 0 atom stereocenters. The Balaban J connectivity index is 0.962. The number of anilines is 3. The molecule has 11 aromatic rings. The van der Waals surface area contributed by atoms with Gasteiger partial charge in [-0.15, -0.1) is 11.3 Å². The van der Waals surface area contributed by atoms with Crippen LogP contribution in [0.25, 0.3) is 65.1 Å². The van der Waals surface area contributed by atoms with Gasteiger partial charge >= 0.3 is 0 Å². The highest BCUT2D eigenvalue weighted by molar-refractivity contribution is 7.25. The van der Waals surface area contributed by atoms with E-state index < -0.39 is 5.41 Å². The molecule has 0 bridgehead atoms. The van der Waals surface area contributed by atoms with Gasteiger partial charge in [-0.2, -0.15) is 0 Å². The van der Waals surface area contributed by atoms with Crippen LogP contribution in [0.1, 0.15) is 22.3 Å². The molecule has 9 aromatic carbocycles. The van der Waals surface area contributed by atoms with Gasteiger partial charge in [0.1, 0.15) is 11.5 Å². The second-order valence-corrected chi connectivity index (χ2v) is 17.1. The fourth-order valence-corrected chi connectivity index (χ4v) is 10.8. The van der Waals surface area contributed by atoms with Crippen molar-refractivity contribution < 1.29 is 4.42 Å². The average Bonchev–Trinajstić information content (AvgIpc) is 4.07. The molecule has 0 saturated carbocycles. The van der Waals surface area contributed by atoms with E-state index in [2.05, 4.69) is 223 Å². The van der Waals surface area contributed by atoms with Gasteiger partial charge in [0.05, 0.1) is 5.41 Å². The second kappa shape index (κ2) is 14.8. The van der Waals surface area contributed by atoms with Gasteiger partial charge in [-0.05, 0) is 123 Å². The first kappa shape index (κ1) is 36.2. The first-order valence-corrected chi connectivity index (χ1v) is 22.0. The lowest BCUT2D eigenvalue weighted by Crippen LogP contribution is -2.28. The van der Waals surface area contributed by atoms with Gasteiger partial charge in [-0.3, -0.25) is 0 Å². The van der Waals surface area contributed by atoms with Crippen LogP contribution in [0.4, 0.5) is 17.1 Å². The van der Waals surface area contributed by atoms with Crippen LogP contribution in [0, 0.1) is 0 Å². The van der Waals surface area contributed by atoms with Crippen molar-refractivity contribution in [3.05, 3.63) is 259 Å². The zero-order valence-electron chi connectivity index (χ0n) is 33.8. The standard InChI is InChI=1S/C59H39NOS/c1-3-13-41(14-4-1)55-36-37-56(61-55)42-25-32-47(33-26-42)60(46-30-23-40(24-31-46)43-27-38-58-52(39-43)51-19-9-12-22-57(51)62-58)48-34-28-45(29-35-48)59(44-15-5-2-6-16-44)53-20-10-7-17-49(53)50-18-8-11-21-54(50)59/h1-39H. The molecule has 0 spiro atoms. The molecule has 12 rings (SSSR count). The maximum absolute atomic E-state index is 6.37. The van der Waals surface area contributed by atoms with Crippen LogP contribution >= 0.6 is 11.3 Å². The van der Waals surface area contributed by atoms with Gasteiger partial charge in [0.2, 0.25) is 0 Å². The van der Waals surface area contributed by atoms with Crippen LogP contribution in [0.3, 0.4) is 0 Å². The third-order valence-electron chi connectivity index (χ3n) is 12.6. The van der Waals surface area contributed by atoms with E-state index in [0.717, 1.165) is 39.7 Å². The molecule has 1 aliphatic rings. The molecule has 2 aromatic heterocycles. The van der Waals surface area contributed by atoms with Crippen LogP contribution in [-0.2, 0) is 5.41 Å². The zero-order chi connectivity index (χ0) is 41.0. The van der Waals surface area contributed by atoms with Crippen LogP contribution in [0.15, 0.2) is 241 Å². The molecule has 1 aliphatic carbocycles. The first-order valence-electron chi connectivity index (χ1n) is 21.2. The highest BCUT2D eigenvalue weighted by Crippen LogP contribution is 2.56. The average molecular weight is 810 g/mol. The Morgan fingerprint density at radius 1 is 0.339 bits per heavy atom. The molecule has 2 heterocycles. The van der Waals surface area contributed by atoms with Crippen LogP contribution in [0.2, 0.25) is 0 Å². The lowest BCUT2D eigenvalue weighted by Gasteiger charge is -2.34. The Morgan fingerprint density at radius 2 is 0.806 bits per heavy atom. The number of hydrogen-bond acceptors (Lipinski definition) is 3. The van der Waals surface area contributed by atoms with Gasteiger partial charge in [0.15, 0.2) is 0 Å². The smallest absolute Gasteiger partial charge is 0.134 e. The Morgan fingerprint density at radius 3 is 1.45 bits per heavy atom. The largest absolute Gasteiger partial charge is 0.456 e. The summed E-state index contributed by atoms with van der Waals surface area (Å²) in [7, 11) is 0. The van der Waals surface area contributed by atoms with Crippen LogP contribution < -0.4 is 4.90 Å². The molecular weight excluding hydrogens is 771 g/mol. The minimum Gasteiger partial charge on any atom is -0.456 e. The number of furan rings is 1. The van der Waals surface area contributed by atoms with Gasteiger partial charge in [-0.25, -0.2) is 0 Å². The molecule has 0 amide bonds. The predicted octanol–water partition coefficient (Wildman–Crippen LogP) is 16.5. The molecule has 0 saturated heterocycles. The van der Waals surface area contributed by atoms with Gasteiger partial charge < -0.3 is 9.32 Å². The number of nitrogens with zero attached hydrogens (tertiary/aromatic N) is 1. The Labute approximate surface area is 365 Å². The van der Waals surface area contributed by atoms with Crippen molar-refractivity contribution in [1.82, 2.24) is 0 Å². The highest BCUT2D eigenvalue weighted by Gasteiger charge is 2.45. The van der Waals surface area contributed by atoms with Crippen molar-refractivity contribution in [2.45, 2.75) is 5.41 Å². The molecule has 62 heavy (non-hydrogen) atoms. The summed E-state index contributed by atoms with van der Waals surface area (Å²) in [5.41, 5.74) is 14.9. The van der Waals surface area contributed by atoms with Gasteiger partial charge in [0.25, 0.3) is 0 Å². The minimum absolute atomic E-state index is 0.461. The fraction of sp³-hybridized carbons (Fsp3) is 0.0169. The molecule has 0 radical (unpaired) electrons. The predicted molar refractivity (Wildman–Crippen MR) is 260 cm³/mol. The maximum Gasteiger partial charge on any atom is 0.134 e. The second-order valence-electron chi connectivity index (χ2n) is 16.0. The monoisotopic (exact) mass is 809 g/mol. The van der Waals surface area contributed by atoms with Crippen molar-refractivity contribution >= 4 is 48.6 Å².